The van der Waals surface area contributed by atoms with E-state index < -0.39 is 6.29 Å². The van der Waals surface area contributed by atoms with Crippen LogP contribution in [-0.4, -0.2) is 48.0 Å². The van der Waals surface area contributed by atoms with Gasteiger partial charge in [-0.2, -0.15) is 0 Å². The second kappa shape index (κ2) is 7.45. The van der Waals surface area contributed by atoms with Crippen molar-refractivity contribution in [2.75, 3.05) is 26.4 Å². The molecular formula is C7H17NO4. The van der Waals surface area contributed by atoms with Gasteiger partial charge in [0.1, 0.15) is 0 Å². The zero-order valence-corrected chi connectivity index (χ0v) is 7.02. The summed E-state index contributed by atoms with van der Waals surface area (Å²) in [6.07, 6.45) is -0.533. The van der Waals surface area contributed by atoms with Crippen molar-refractivity contribution in [1.29, 1.82) is 0 Å². The van der Waals surface area contributed by atoms with Gasteiger partial charge < -0.3 is 25.8 Å². The minimum atomic E-state index is -1.04. The number of ether oxygens (including phenoxy) is 1. The highest BCUT2D eigenvalue weighted by Crippen LogP contribution is 2.08. The third-order valence-electron chi connectivity index (χ3n) is 1.56. The van der Waals surface area contributed by atoms with Crippen LogP contribution in [0.1, 0.15) is 6.42 Å². The highest BCUT2D eigenvalue weighted by atomic mass is 16.6. The number of nitrogens with two attached hydrogens (primary N) is 1. The van der Waals surface area contributed by atoms with Gasteiger partial charge in [-0.25, -0.2) is 0 Å². The van der Waals surface area contributed by atoms with Crippen LogP contribution in [0.25, 0.3) is 0 Å². The molecule has 0 aliphatic carbocycles. The molecule has 74 valence electrons. The van der Waals surface area contributed by atoms with Crippen LogP contribution in [0.2, 0.25) is 0 Å². The predicted octanol–water partition coefficient (Wildman–Crippen LogP) is -1.73. The summed E-state index contributed by atoms with van der Waals surface area (Å²) in [5, 5.41) is 26.4. The van der Waals surface area contributed by atoms with Crippen LogP contribution in [0.4, 0.5) is 0 Å². The Hall–Kier alpha value is -0.200. The van der Waals surface area contributed by atoms with E-state index in [1.165, 1.54) is 0 Å². The Morgan fingerprint density at radius 1 is 1.33 bits per heavy atom. The molecule has 5 heteroatoms. The Kier molecular flexibility index (Phi) is 7.33. The van der Waals surface area contributed by atoms with Gasteiger partial charge in [-0.05, 0) is 13.0 Å². The maximum atomic E-state index is 9.22. The van der Waals surface area contributed by atoms with Gasteiger partial charge in [-0.1, -0.05) is 0 Å². The summed E-state index contributed by atoms with van der Waals surface area (Å²) < 4.78 is 4.79. The summed E-state index contributed by atoms with van der Waals surface area (Å²) >= 11 is 0. The van der Waals surface area contributed by atoms with Crippen LogP contribution >= 0.6 is 0 Å². The standard InChI is InChI=1S/C7H17NO4/c8-2-1-6(5-10)7(11)12-4-3-9/h6-7,9-11H,1-5,8H2. The normalized spacial score (nSPS) is 16.0. The van der Waals surface area contributed by atoms with Crippen LogP contribution in [-0.2, 0) is 4.74 Å². The maximum absolute atomic E-state index is 9.22. The fourth-order valence-electron chi connectivity index (χ4n) is 0.848. The molecule has 5 nitrogen and oxygen atoms in total. The van der Waals surface area contributed by atoms with Crippen molar-refractivity contribution >= 4 is 0 Å². The molecule has 5 N–H and O–H groups in total. The number of aliphatic hydroxyl groups excluding tert-OH is 3. The summed E-state index contributed by atoms with van der Waals surface area (Å²) in [5.41, 5.74) is 5.24. The lowest BCUT2D eigenvalue weighted by Crippen LogP contribution is -2.29. The first-order chi connectivity index (χ1) is 5.76. The van der Waals surface area contributed by atoms with E-state index in [1.54, 1.807) is 0 Å². The number of rotatable bonds is 7. The Morgan fingerprint density at radius 3 is 2.42 bits per heavy atom. The van der Waals surface area contributed by atoms with Crippen molar-refractivity contribution in [1.82, 2.24) is 0 Å². The van der Waals surface area contributed by atoms with Crippen molar-refractivity contribution in [2.45, 2.75) is 12.7 Å². The van der Waals surface area contributed by atoms with E-state index in [4.69, 9.17) is 20.7 Å². The largest absolute Gasteiger partial charge is 0.396 e. The summed E-state index contributed by atoms with van der Waals surface area (Å²) in [5.74, 6) is -0.360. The van der Waals surface area contributed by atoms with E-state index in [0.717, 1.165) is 0 Å². The van der Waals surface area contributed by atoms with Crippen LogP contribution < -0.4 is 5.73 Å². The minimum absolute atomic E-state index is 0.0717. The van der Waals surface area contributed by atoms with Crippen LogP contribution in [0.3, 0.4) is 0 Å². The van der Waals surface area contributed by atoms with E-state index in [1.807, 2.05) is 0 Å². The summed E-state index contributed by atoms with van der Waals surface area (Å²) in [7, 11) is 0. The van der Waals surface area contributed by atoms with E-state index in [-0.39, 0.29) is 25.7 Å². The molecule has 0 bridgehead atoms. The smallest absolute Gasteiger partial charge is 0.159 e. The Bertz CT molecular complexity index is 101. The van der Waals surface area contributed by atoms with Gasteiger partial charge in [0.2, 0.25) is 0 Å². The zero-order chi connectivity index (χ0) is 9.40. The van der Waals surface area contributed by atoms with Gasteiger partial charge >= 0.3 is 0 Å². The molecule has 0 aromatic carbocycles. The van der Waals surface area contributed by atoms with Crippen molar-refractivity contribution < 1.29 is 20.1 Å². The molecule has 0 amide bonds. The van der Waals surface area contributed by atoms with Gasteiger partial charge in [-0.3, -0.25) is 0 Å². The lowest BCUT2D eigenvalue weighted by molar-refractivity contribution is -0.149. The van der Waals surface area contributed by atoms with Crippen molar-refractivity contribution in [3.63, 3.8) is 0 Å². The summed E-state index contributed by atoms with van der Waals surface area (Å²) in [4.78, 5) is 0. The Labute approximate surface area is 71.8 Å². The van der Waals surface area contributed by atoms with Crippen molar-refractivity contribution in [3.8, 4) is 0 Å². The maximum Gasteiger partial charge on any atom is 0.159 e. The van der Waals surface area contributed by atoms with Gasteiger partial charge in [0.15, 0.2) is 6.29 Å². The van der Waals surface area contributed by atoms with E-state index in [2.05, 4.69) is 0 Å². The number of aliphatic hydroxyl groups is 3. The van der Waals surface area contributed by atoms with Gasteiger partial charge in [0.05, 0.1) is 19.8 Å². The van der Waals surface area contributed by atoms with Crippen molar-refractivity contribution in [2.24, 2.45) is 11.7 Å². The fourth-order valence-corrected chi connectivity index (χ4v) is 0.848. The predicted molar refractivity (Wildman–Crippen MR) is 43.3 cm³/mol. The van der Waals surface area contributed by atoms with E-state index in [9.17, 15) is 5.11 Å². The van der Waals surface area contributed by atoms with E-state index >= 15 is 0 Å². The SMILES string of the molecule is NCCC(CO)C(O)OCCO. The molecule has 0 rings (SSSR count). The highest BCUT2D eigenvalue weighted by Gasteiger charge is 2.17. The first kappa shape index (κ1) is 11.8. The third kappa shape index (κ3) is 4.63. The number of hydrogen-bond acceptors (Lipinski definition) is 5. The molecule has 0 radical (unpaired) electrons. The number of hydrogen-bond donors (Lipinski definition) is 4. The van der Waals surface area contributed by atoms with Gasteiger partial charge in [0.25, 0.3) is 0 Å². The molecule has 0 aromatic rings. The lowest BCUT2D eigenvalue weighted by Gasteiger charge is -2.19. The average molecular weight is 179 g/mol. The van der Waals surface area contributed by atoms with E-state index in [0.29, 0.717) is 13.0 Å². The topological polar surface area (TPSA) is 95.9 Å². The molecule has 0 heterocycles. The molecule has 2 unspecified atom stereocenters. The monoisotopic (exact) mass is 179 g/mol. The molecule has 2 atom stereocenters. The Morgan fingerprint density at radius 2 is 2.00 bits per heavy atom. The molecule has 0 fully saturated rings. The lowest BCUT2D eigenvalue weighted by atomic mass is 10.1. The van der Waals surface area contributed by atoms with Crippen LogP contribution in [0.5, 0.6) is 0 Å². The molecule has 0 aliphatic rings. The van der Waals surface area contributed by atoms with Crippen LogP contribution in [0.15, 0.2) is 0 Å². The van der Waals surface area contributed by atoms with Gasteiger partial charge in [0, 0.05) is 5.92 Å². The zero-order valence-electron chi connectivity index (χ0n) is 7.02. The second-order valence-corrected chi connectivity index (χ2v) is 2.50. The summed E-state index contributed by atoms with van der Waals surface area (Å²) in [6, 6.07) is 0. The second-order valence-electron chi connectivity index (χ2n) is 2.50. The Balaban J connectivity index is 3.60. The molecule has 0 aromatic heterocycles. The first-order valence-electron chi connectivity index (χ1n) is 3.97. The quantitative estimate of drug-likeness (QED) is 0.348. The molecule has 0 aliphatic heterocycles. The van der Waals surface area contributed by atoms with Gasteiger partial charge in [-0.15, -0.1) is 0 Å². The highest BCUT2D eigenvalue weighted by molar-refractivity contribution is 4.60. The first-order valence-corrected chi connectivity index (χ1v) is 3.97. The summed E-state index contributed by atoms with van der Waals surface area (Å²) in [6.45, 7) is 0.161. The third-order valence-corrected chi connectivity index (χ3v) is 1.56. The molecule has 12 heavy (non-hydrogen) atoms. The molecule has 0 saturated heterocycles. The molecular weight excluding hydrogens is 162 g/mol. The van der Waals surface area contributed by atoms with Crippen LogP contribution in [0, 0.1) is 5.92 Å². The molecule has 0 saturated carbocycles. The fraction of sp³-hybridized carbons (Fsp3) is 1.00. The average Bonchev–Trinajstić information content (AvgIpc) is 2.10. The van der Waals surface area contributed by atoms with Crippen molar-refractivity contribution in [3.05, 3.63) is 0 Å². The molecule has 0 spiro atoms. The minimum Gasteiger partial charge on any atom is -0.396 e.